The van der Waals surface area contributed by atoms with Crippen molar-refractivity contribution in [2.24, 2.45) is 5.10 Å². The molecular formula is C25H32N4O3. The van der Waals surface area contributed by atoms with Crippen LogP contribution in [0.2, 0.25) is 0 Å². The minimum atomic E-state index is -0.235. The van der Waals surface area contributed by atoms with Gasteiger partial charge in [0.25, 0.3) is 11.8 Å². The molecule has 170 valence electrons. The standard InChI is InChI=1S/C25H32N4O3/c30-22-13-9-10-20(18-22)19-27-28-25(32)23(29-16-7-2-8-17-29)14-5-6-15-26-24(31)21-11-3-1-4-12-21/h1,3-4,9-13,18-19,23,30H,2,5-8,14-17H2,(H,26,31)(H,28,32). The lowest BCUT2D eigenvalue weighted by atomic mass is 10.0. The number of rotatable bonds is 10. The van der Waals surface area contributed by atoms with Crippen molar-refractivity contribution in [1.82, 2.24) is 15.6 Å². The molecule has 0 spiro atoms. The first kappa shape index (κ1) is 23.5. The van der Waals surface area contributed by atoms with E-state index >= 15 is 0 Å². The van der Waals surface area contributed by atoms with Gasteiger partial charge in [0.05, 0.1) is 12.3 Å². The Morgan fingerprint density at radius 1 is 1.03 bits per heavy atom. The predicted molar refractivity (Wildman–Crippen MR) is 126 cm³/mol. The van der Waals surface area contributed by atoms with E-state index in [1.54, 1.807) is 36.4 Å². The molecule has 0 radical (unpaired) electrons. The summed E-state index contributed by atoms with van der Waals surface area (Å²) in [5.74, 6) is -0.0281. The van der Waals surface area contributed by atoms with Crippen molar-refractivity contribution in [1.29, 1.82) is 0 Å². The van der Waals surface area contributed by atoms with Gasteiger partial charge in [-0.1, -0.05) is 36.8 Å². The van der Waals surface area contributed by atoms with Crippen molar-refractivity contribution in [3.63, 3.8) is 0 Å². The van der Waals surface area contributed by atoms with Gasteiger partial charge in [-0.25, -0.2) is 5.43 Å². The van der Waals surface area contributed by atoms with Gasteiger partial charge in [-0.05, 0) is 75.0 Å². The number of phenolic OH excluding ortho intramolecular Hbond substituents is 1. The maximum atomic E-state index is 12.9. The lowest BCUT2D eigenvalue weighted by Crippen LogP contribution is -2.47. The Balaban J connectivity index is 1.47. The lowest BCUT2D eigenvalue weighted by Gasteiger charge is -2.33. The Labute approximate surface area is 189 Å². The van der Waals surface area contributed by atoms with Crippen LogP contribution in [0.4, 0.5) is 0 Å². The summed E-state index contributed by atoms with van der Waals surface area (Å²) in [5.41, 5.74) is 4.04. The molecule has 2 aromatic rings. The molecule has 3 N–H and O–H groups in total. The zero-order valence-corrected chi connectivity index (χ0v) is 18.4. The molecule has 3 rings (SSSR count). The van der Waals surface area contributed by atoms with Crippen LogP contribution in [-0.2, 0) is 4.79 Å². The largest absolute Gasteiger partial charge is 0.508 e. The first-order valence-electron chi connectivity index (χ1n) is 11.3. The van der Waals surface area contributed by atoms with E-state index in [2.05, 4.69) is 20.7 Å². The molecule has 0 saturated carbocycles. The summed E-state index contributed by atoms with van der Waals surface area (Å²) in [6.45, 7) is 2.41. The van der Waals surface area contributed by atoms with Gasteiger partial charge in [0, 0.05) is 12.1 Å². The molecule has 1 saturated heterocycles. The predicted octanol–water partition coefficient (Wildman–Crippen LogP) is 3.30. The second kappa shape index (κ2) is 12.6. The Bertz CT molecular complexity index is 895. The van der Waals surface area contributed by atoms with Crippen molar-refractivity contribution < 1.29 is 14.7 Å². The van der Waals surface area contributed by atoms with E-state index in [1.807, 2.05) is 18.2 Å². The summed E-state index contributed by atoms with van der Waals surface area (Å²) < 4.78 is 0. The Kier molecular flexibility index (Phi) is 9.25. The SMILES string of the molecule is O=C(NCCCCC(C(=O)NN=Cc1cccc(O)c1)N1CCCCC1)c1ccccc1. The monoisotopic (exact) mass is 436 g/mol. The molecule has 1 aliphatic heterocycles. The molecule has 1 heterocycles. The van der Waals surface area contributed by atoms with Gasteiger partial charge in [0.15, 0.2) is 0 Å². The number of likely N-dealkylation sites (tertiary alicyclic amines) is 1. The number of hydrogen-bond acceptors (Lipinski definition) is 5. The van der Waals surface area contributed by atoms with Crippen LogP contribution in [-0.4, -0.2) is 53.7 Å². The van der Waals surface area contributed by atoms with Crippen LogP contribution < -0.4 is 10.7 Å². The van der Waals surface area contributed by atoms with Crippen molar-refractivity contribution in [2.75, 3.05) is 19.6 Å². The highest BCUT2D eigenvalue weighted by Gasteiger charge is 2.26. The Morgan fingerprint density at radius 3 is 2.56 bits per heavy atom. The van der Waals surface area contributed by atoms with Gasteiger partial charge in [0.1, 0.15) is 5.75 Å². The topological polar surface area (TPSA) is 94.0 Å². The third-order valence-corrected chi connectivity index (χ3v) is 5.62. The molecular weight excluding hydrogens is 404 g/mol. The highest BCUT2D eigenvalue weighted by molar-refractivity contribution is 5.94. The zero-order valence-electron chi connectivity index (χ0n) is 18.4. The number of phenols is 1. The number of hydrogen-bond donors (Lipinski definition) is 3. The summed E-state index contributed by atoms with van der Waals surface area (Å²) in [6.07, 6.45) is 7.29. The van der Waals surface area contributed by atoms with Gasteiger partial charge in [-0.2, -0.15) is 5.10 Å². The van der Waals surface area contributed by atoms with E-state index in [9.17, 15) is 14.7 Å². The minimum absolute atomic E-state index is 0.0720. The number of nitrogens with one attached hydrogen (secondary N) is 2. The minimum Gasteiger partial charge on any atom is -0.508 e. The van der Waals surface area contributed by atoms with Crippen molar-refractivity contribution in [3.8, 4) is 5.75 Å². The van der Waals surface area contributed by atoms with Gasteiger partial charge >= 0.3 is 0 Å². The van der Waals surface area contributed by atoms with Gasteiger partial charge in [-0.15, -0.1) is 0 Å². The summed E-state index contributed by atoms with van der Waals surface area (Å²) in [7, 11) is 0. The average molecular weight is 437 g/mol. The maximum absolute atomic E-state index is 12.9. The van der Waals surface area contributed by atoms with E-state index in [-0.39, 0.29) is 23.6 Å². The number of piperidine rings is 1. The van der Waals surface area contributed by atoms with Gasteiger partial charge in [0.2, 0.25) is 0 Å². The zero-order chi connectivity index (χ0) is 22.6. The van der Waals surface area contributed by atoms with Crippen molar-refractivity contribution in [2.45, 2.75) is 44.6 Å². The molecule has 0 aliphatic carbocycles. The molecule has 1 unspecified atom stereocenters. The smallest absolute Gasteiger partial charge is 0.257 e. The van der Waals surface area contributed by atoms with E-state index in [0.717, 1.165) is 38.8 Å². The molecule has 2 amide bonds. The number of carbonyl (C=O) groups is 2. The first-order chi connectivity index (χ1) is 15.6. The number of aromatic hydroxyl groups is 1. The number of unbranched alkanes of at least 4 members (excludes halogenated alkanes) is 1. The highest BCUT2D eigenvalue weighted by atomic mass is 16.3. The molecule has 7 nitrogen and oxygen atoms in total. The van der Waals surface area contributed by atoms with Crippen molar-refractivity contribution in [3.05, 3.63) is 65.7 Å². The quantitative estimate of drug-likeness (QED) is 0.303. The Morgan fingerprint density at radius 2 is 1.81 bits per heavy atom. The fraction of sp³-hybridized carbons (Fsp3) is 0.400. The summed E-state index contributed by atoms with van der Waals surface area (Å²) in [5, 5.41) is 16.6. The normalized spacial score (nSPS) is 15.4. The molecule has 32 heavy (non-hydrogen) atoms. The van der Waals surface area contributed by atoms with Gasteiger partial charge in [-0.3, -0.25) is 14.5 Å². The molecule has 1 fully saturated rings. The van der Waals surface area contributed by atoms with Crippen molar-refractivity contribution >= 4 is 18.0 Å². The molecule has 1 atom stereocenters. The number of hydrazone groups is 1. The third-order valence-electron chi connectivity index (χ3n) is 5.62. The summed E-state index contributed by atoms with van der Waals surface area (Å²) in [4.78, 5) is 27.3. The maximum Gasteiger partial charge on any atom is 0.257 e. The second-order valence-corrected chi connectivity index (χ2v) is 8.06. The lowest BCUT2D eigenvalue weighted by molar-refractivity contribution is -0.127. The van der Waals surface area contributed by atoms with E-state index in [1.165, 1.54) is 12.6 Å². The van der Waals surface area contributed by atoms with E-state index < -0.39 is 0 Å². The van der Waals surface area contributed by atoms with E-state index in [4.69, 9.17) is 0 Å². The fourth-order valence-corrected chi connectivity index (χ4v) is 3.92. The van der Waals surface area contributed by atoms with Crippen LogP contribution in [0.3, 0.4) is 0 Å². The molecule has 0 aromatic heterocycles. The van der Waals surface area contributed by atoms with Crippen LogP contribution in [0.15, 0.2) is 59.7 Å². The van der Waals surface area contributed by atoms with Crippen LogP contribution in [0.5, 0.6) is 5.75 Å². The number of amides is 2. The number of benzene rings is 2. The van der Waals surface area contributed by atoms with Crippen LogP contribution in [0, 0.1) is 0 Å². The Hall–Kier alpha value is -3.19. The molecule has 0 bridgehead atoms. The van der Waals surface area contributed by atoms with Crippen LogP contribution in [0.1, 0.15) is 54.4 Å². The number of nitrogens with zero attached hydrogens (tertiary/aromatic N) is 2. The average Bonchev–Trinajstić information content (AvgIpc) is 2.82. The molecule has 1 aliphatic rings. The highest BCUT2D eigenvalue weighted by Crippen LogP contribution is 2.17. The van der Waals surface area contributed by atoms with Crippen LogP contribution in [0.25, 0.3) is 0 Å². The number of carbonyl (C=O) groups excluding carboxylic acids is 2. The summed E-state index contributed by atoms with van der Waals surface area (Å²) >= 11 is 0. The second-order valence-electron chi connectivity index (χ2n) is 8.06. The van der Waals surface area contributed by atoms with Crippen LogP contribution >= 0.6 is 0 Å². The fourth-order valence-electron chi connectivity index (χ4n) is 3.92. The van der Waals surface area contributed by atoms with E-state index in [0.29, 0.717) is 24.1 Å². The molecule has 2 aromatic carbocycles. The van der Waals surface area contributed by atoms with Gasteiger partial charge < -0.3 is 10.4 Å². The first-order valence-corrected chi connectivity index (χ1v) is 11.3. The third kappa shape index (κ3) is 7.50. The molecule has 7 heteroatoms. The summed E-state index contributed by atoms with van der Waals surface area (Å²) in [6, 6.07) is 15.6.